The van der Waals surface area contributed by atoms with E-state index in [1.807, 2.05) is 0 Å². The lowest BCUT2D eigenvalue weighted by Crippen LogP contribution is -2.38. The molecule has 1 aromatic carbocycles. The lowest BCUT2D eigenvalue weighted by atomic mass is 10.3. The third-order valence-corrected chi connectivity index (χ3v) is 4.45. The maximum absolute atomic E-state index is 12.9. The Morgan fingerprint density at radius 1 is 1.39 bits per heavy atom. The van der Waals surface area contributed by atoms with Crippen LogP contribution >= 0.6 is 35.6 Å². The molecular formula is C9H12Cl3FN2O2S. The molecule has 0 saturated carbocycles. The van der Waals surface area contributed by atoms with Crippen LogP contribution in [0.3, 0.4) is 0 Å². The van der Waals surface area contributed by atoms with Gasteiger partial charge in [0, 0.05) is 12.6 Å². The molecule has 9 heteroatoms. The summed E-state index contributed by atoms with van der Waals surface area (Å²) >= 11 is 11.3. The molecule has 0 aliphatic carbocycles. The maximum Gasteiger partial charge on any atom is 0.243 e. The molecule has 1 atom stereocenters. The van der Waals surface area contributed by atoms with Gasteiger partial charge in [-0.2, -0.15) is 0 Å². The summed E-state index contributed by atoms with van der Waals surface area (Å²) < 4.78 is 39.0. The highest BCUT2D eigenvalue weighted by Crippen LogP contribution is 2.30. The highest BCUT2D eigenvalue weighted by molar-refractivity contribution is 7.89. The lowest BCUT2D eigenvalue weighted by molar-refractivity contribution is 0.562. The van der Waals surface area contributed by atoms with E-state index in [0.717, 1.165) is 12.1 Å². The number of sulfonamides is 1. The minimum atomic E-state index is -3.91. The molecule has 0 fully saturated rings. The maximum atomic E-state index is 12.9. The molecule has 18 heavy (non-hydrogen) atoms. The van der Waals surface area contributed by atoms with Gasteiger partial charge in [-0.1, -0.05) is 23.2 Å². The SMILES string of the molecule is C[C@@H](CN)NS(=O)(=O)c1c(Cl)cc(F)cc1Cl.Cl. The summed E-state index contributed by atoms with van der Waals surface area (Å²) in [6.45, 7) is 1.71. The zero-order valence-electron chi connectivity index (χ0n) is 9.28. The van der Waals surface area contributed by atoms with E-state index in [9.17, 15) is 12.8 Å². The van der Waals surface area contributed by atoms with Crippen molar-refractivity contribution in [3.05, 3.63) is 28.0 Å². The van der Waals surface area contributed by atoms with E-state index < -0.39 is 21.9 Å². The van der Waals surface area contributed by atoms with Gasteiger partial charge in [-0.3, -0.25) is 0 Å². The summed E-state index contributed by atoms with van der Waals surface area (Å²) in [6, 6.07) is 1.29. The van der Waals surface area contributed by atoms with Crippen LogP contribution in [0.1, 0.15) is 6.92 Å². The molecule has 3 N–H and O–H groups in total. The van der Waals surface area contributed by atoms with Gasteiger partial charge in [0.15, 0.2) is 0 Å². The Morgan fingerprint density at radius 2 is 1.83 bits per heavy atom. The van der Waals surface area contributed by atoms with Crippen molar-refractivity contribution in [3.8, 4) is 0 Å². The fraction of sp³-hybridized carbons (Fsp3) is 0.333. The Bertz CT molecular complexity index is 502. The quantitative estimate of drug-likeness (QED) is 0.884. The first-order chi connectivity index (χ1) is 7.77. The molecule has 4 nitrogen and oxygen atoms in total. The third-order valence-electron chi connectivity index (χ3n) is 1.94. The molecular weight excluding hydrogens is 326 g/mol. The average Bonchev–Trinajstić information content (AvgIpc) is 2.14. The van der Waals surface area contributed by atoms with Crippen LogP contribution in [0.15, 0.2) is 17.0 Å². The van der Waals surface area contributed by atoms with Crippen molar-refractivity contribution in [1.82, 2.24) is 4.72 Å². The molecule has 0 radical (unpaired) electrons. The first-order valence-electron chi connectivity index (χ1n) is 4.65. The molecule has 1 aromatic rings. The number of benzene rings is 1. The van der Waals surface area contributed by atoms with Crippen molar-refractivity contribution >= 4 is 45.6 Å². The van der Waals surface area contributed by atoms with Gasteiger partial charge in [-0.05, 0) is 19.1 Å². The summed E-state index contributed by atoms with van der Waals surface area (Å²) in [7, 11) is -3.91. The minimum absolute atomic E-state index is 0. The summed E-state index contributed by atoms with van der Waals surface area (Å²) in [5.74, 6) is -0.703. The molecule has 0 aromatic heterocycles. The van der Waals surface area contributed by atoms with Crippen LogP contribution in [-0.4, -0.2) is 21.0 Å². The van der Waals surface area contributed by atoms with E-state index in [-0.39, 0.29) is 33.9 Å². The van der Waals surface area contributed by atoms with E-state index in [1.54, 1.807) is 6.92 Å². The van der Waals surface area contributed by atoms with Gasteiger partial charge in [0.2, 0.25) is 10.0 Å². The minimum Gasteiger partial charge on any atom is -0.329 e. The Kier molecular flexibility index (Phi) is 6.84. The second-order valence-electron chi connectivity index (χ2n) is 3.46. The number of nitrogens with one attached hydrogen (secondary N) is 1. The van der Waals surface area contributed by atoms with Crippen LogP contribution < -0.4 is 10.5 Å². The molecule has 0 heterocycles. The predicted octanol–water partition coefficient (Wildman–Crippen LogP) is 2.18. The van der Waals surface area contributed by atoms with Gasteiger partial charge >= 0.3 is 0 Å². The van der Waals surface area contributed by atoms with Crippen LogP contribution in [-0.2, 0) is 10.0 Å². The van der Waals surface area contributed by atoms with E-state index in [2.05, 4.69) is 4.72 Å². The number of rotatable bonds is 4. The fourth-order valence-electron chi connectivity index (χ4n) is 1.16. The second-order valence-corrected chi connectivity index (χ2v) is 5.92. The van der Waals surface area contributed by atoms with Crippen LogP contribution in [0, 0.1) is 5.82 Å². The first-order valence-corrected chi connectivity index (χ1v) is 6.88. The van der Waals surface area contributed by atoms with Crippen LogP contribution in [0.2, 0.25) is 10.0 Å². The summed E-state index contributed by atoms with van der Waals surface area (Å²) in [5, 5.41) is -0.543. The predicted molar refractivity (Wildman–Crippen MR) is 72.5 cm³/mol. The molecule has 104 valence electrons. The second kappa shape index (κ2) is 6.88. The standard InChI is InChI=1S/C9H11Cl2FN2O2S.ClH/c1-5(4-13)14-17(15,16)9-7(10)2-6(12)3-8(9)11;/h2-3,5,14H,4,13H2,1H3;1H/t5-;/m0./s1. The summed E-state index contributed by atoms with van der Waals surface area (Å²) in [4.78, 5) is -0.345. The van der Waals surface area contributed by atoms with Gasteiger partial charge < -0.3 is 5.73 Å². The normalized spacial score (nSPS) is 12.9. The first kappa shape index (κ1) is 17.9. The third kappa shape index (κ3) is 4.22. The van der Waals surface area contributed by atoms with Gasteiger partial charge in [0.1, 0.15) is 10.7 Å². The highest BCUT2D eigenvalue weighted by atomic mass is 35.5. The van der Waals surface area contributed by atoms with E-state index in [0.29, 0.717) is 0 Å². The monoisotopic (exact) mass is 336 g/mol. The molecule has 0 aliphatic rings. The van der Waals surface area contributed by atoms with Crippen molar-refractivity contribution in [1.29, 1.82) is 0 Å². The van der Waals surface area contributed by atoms with Crippen molar-refractivity contribution in [2.45, 2.75) is 17.9 Å². The van der Waals surface area contributed by atoms with Crippen LogP contribution in [0.25, 0.3) is 0 Å². The lowest BCUT2D eigenvalue weighted by Gasteiger charge is -2.14. The summed E-state index contributed by atoms with van der Waals surface area (Å²) in [5.41, 5.74) is 5.30. The fourth-order valence-corrected chi connectivity index (χ4v) is 3.60. The van der Waals surface area contributed by atoms with Gasteiger partial charge in [0.05, 0.1) is 10.0 Å². The highest BCUT2D eigenvalue weighted by Gasteiger charge is 2.24. The molecule has 0 amide bonds. The largest absolute Gasteiger partial charge is 0.329 e. The Morgan fingerprint density at radius 3 is 2.22 bits per heavy atom. The molecule has 0 bridgehead atoms. The Labute approximate surface area is 121 Å². The van der Waals surface area contributed by atoms with Crippen LogP contribution in [0.4, 0.5) is 4.39 Å². The van der Waals surface area contributed by atoms with Crippen molar-refractivity contribution < 1.29 is 12.8 Å². The van der Waals surface area contributed by atoms with E-state index >= 15 is 0 Å². The zero-order valence-corrected chi connectivity index (χ0v) is 12.4. The molecule has 0 unspecified atom stereocenters. The summed E-state index contributed by atoms with van der Waals surface area (Å²) in [6.07, 6.45) is 0. The van der Waals surface area contributed by atoms with Crippen LogP contribution in [0.5, 0.6) is 0 Å². The van der Waals surface area contributed by atoms with Crippen molar-refractivity contribution in [2.75, 3.05) is 6.54 Å². The molecule has 1 rings (SSSR count). The smallest absolute Gasteiger partial charge is 0.243 e. The number of halogens is 4. The number of hydrogen-bond donors (Lipinski definition) is 2. The van der Waals surface area contributed by atoms with Gasteiger partial charge in [-0.25, -0.2) is 17.5 Å². The molecule has 0 aliphatic heterocycles. The Hall–Kier alpha value is -0.110. The number of hydrogen-bond acceptors (Lipinski definition) is 3. The van der Waals surface area contributed by atoms with E-state index in [4.69, 9.17) is 28.9 Å². The molecule has 0 saturated heterocycles. The van der Waals surface area contributed by atoms with Crippen molar-refractivity contribution in [2.24, 2.45) is 5.73 Å². The Balaban J connectivity index is 0.00000289. The van der Waals surface area contributed by atoms with Gasteiger partial charge in [0.25, 0.3) is 0 Å². The van der Waals surface area contributed by atoms with E-state index in [1.165, 1.54) is 0 Å². The van der Waals surface area contributed by atoms with Gasteiger partial charge in [-0.15, -0.1) is 12.4 Å². The number of nitrogens with two attached hydrogens (primary N) is 1. The molecule has 0 spiro atoms. The van der Waals surface area contributed by atoms with Crippen molar-refractivity contribution in [3.63, 3.8) is 0 Å². The average molecular weight is 338 g/mol. The topological polar surface area (TPSA) is 72.2 Å². The zero-order chi connectivity index (χ0) is 13.2.